The summed E-state index contributed by atoms with van der Waals surface area (Å²) < 4.78 is 0. The molecule has 0 saturated heterocycles. The molecule has 0 amide bonds. The second kappa shape index (κ2) is 8.26. The van der Waals surface area contributed by atoms with E-state index in [1.165, 1.54) is 29.8 Å². The van der Waals surface area contributed by atoms with E-state index in [1.807, 2.05) is 0 Å². The first-order valence-electron chi connectivity index (χ1n) is 7.62. The maximum Gasteiger partial charge on any atom is 0.128 e. The molecular formula is C16H29N3. The minimum Gasteiger partial charge on any atom is -0.317 e. The lowest BCUT2D eigenvalue weighted by Crippen LogP contribution is -2.22. The Hall–Kier alpha value is -0.960. The Labute approximate surface area is 118 Å². The van der Waals surface area contributed by atoms with Crippen molar-refractivity contribution in [3.63, 3.8) is 0 Å². The highest BCUT2D eigenvalue weighted by molar-refractivity contribution is 5.25. The Balaban J connectivity index is 2.73. The number of hydrogen-bond acceptors (Lipinski definition) is 3. The van der Waals surface area contributed by atoms with Gasteiger partial charge in [0.2, 0.25) is 0 Å². The minimum atomic E-state index is 0.627. The summed E-state index contributed by atoms with van der Waals surface area (Å²) in [6.07, 6.45) is 4.45. The summed E-state index contributed by atoms with van der Waals surface area (Å²) in [5.41, 5.74) is 3.68. The van der Waals surface area contributed by atoms with E-state index in [2.05, 4.69) is 49.9 Å². The van der Waals surface area contributed by atoms with Gasteiger partial charge in [-0.1, -0.05) is 27.2 Å². The van der Waals surface area contributed by atoms with Gasteiger partial charge in [-0.3, -0.25) is 0 Å². The maximum absolute atomic E-state index is 4.67. The van der Waals surface area contributed by atoms with Crippen LogP contribution in [-0.4, -0.2) is 23.1 Å². The number of nitrogens with zero attached hydrogens (tertiary/aromatic N) is 2. The Morgan fingerprint density at radius 2 is 1.74 bits per heavy atom. The van der Waals surface area contributed by atoms with Crippen molar-refractivity contribution in [1.29, 1.82) is 0 Å². The molecule has 0 aromatic carbocycles. The van der Waals surface area contributed by atoms with Crippen molar-refractivity contribution in [2.45, 2.75) is 60.3 Å². The van der Waals surface area contributed by atoms with Gasteiger partial charge in [-0.15, -0.1) is 0 Å². The average Bonchev–Trinajstić information content (AvgIpc) is 2.38. The summed E-state index contributed by atoms with van der Waals surface area (Å²) in [5.74, 6) is 1.64. The highest BCUT2D eigenvalue weighted by Crippen LogP contribution is 2.16. The summed E-state index contributed by atoms with van der Waals surface area (Å²) in [6.45, 7) is 13.0. The van der Waals surface area contributed by atoms with E-state index in [0.29, 0.717) is 5.92 Å². The Morgan fingerprint density at radius 3 is 2.26 bits per heavy atom. The summed E-state index contributed by atoms with van der Waals surface area (Å²) in [7, 11) is 0. The van der Waals surface area contributed by atoms with Gasteiger partial charge in [0.1, 0.15) is 5.82 Å². The van der Waals surface area contributed by atoms with Gasteiger partial charge >= 0.3 is 0 Å². The normalized spacial score (nSPS) is 12.7. The zero-order chi connectivity index (χ0) is 14.3. The molecule has 1 heterocycles. The van der Waals surface area contributed by atoms with Gasteiger partial charge in [-0.2, -0.15) is 0 Å². The van der Waals surface area contributed by atoms with E-state index in [4.69, 9.17) is 0 Å². The largest absolute Gasteiger partial charge is 0.317 e. The smallest absolute Gasteiger partial charge is 0.128 e. The third kappa shape index (κ3) is 5.27. The van der Waals surface area contributed by atoms with Gasteiger partial charge in [-0.05, 0) is 51.3 Å². The molecule has 1 unspecified atom stereocenters. The zero-order valence-corrected chi connectivity index (χ0v) is 13.2. The fourth-order valence-electron chi connectivity index (χ4n) is 2.36. The number of rotatable bonds is 8. The van der Waals surface area contributed by atoms with E-state index in [9.17, 15) is 0 Å². The lowest BCUT2D eigenvalue weighted by atomic mass is 9.98. The Morgan fingerprint density at radius 1 is 1.11 bits per heavy atom. The molecule has 1 N–H and O–H groups in total. The molecule has 1 aromatic heterocycles. The molecule has 3 heteroatoms. The molecule has 1 aromatic rings. The van der Waals surface area contributed by atoms with Crippen molar-refractivity contribution in [3.05, 3.63) is 22.8 Å². The molecule has 0 radical (unpaired) electrons. The molecule has 3 nitrogen and oxygen atoms in total. The standard InChI is InChI=1S/C16H29N3/c1-6-8-9-16-18-13(4)15(14(5)19-16)10-12(3)11-17-7-2/h12,17H,6-11H2,1-5H3. The van der Waals surface area contributed by atoms with Gasteiger partial charge in [0.15, 0.2) is 0 Å². The van der Waals surface area contributed by atoms with E-state index in [1.54, 1.807) is 0 Å². The summed E-state index contributed by atoms with van der Waals surface area (Å²) in [4.78, 5) is 9.35. The number of hydrogen-bond donors (Lipinski definition) is 1. The van der Waals surface area contributed by atoms with Gasteiger partial charge < -0.3 is 5.32 Å². The minimum absolute atomic E-state index is 0.627. The van der Waals surface area contributed by atoms with Gasteiger partial charge in [0.25, 0.3) is 0 Å². The molecule has 1 atom stereocenters. The highest BCUT2D eigenvalue weighted by Gasteiger charge is 2.11. The summed E-state index contributed by atoms with van der Waals surface area (Å²) in [6, 6.07) is 0. The van der Waals surface area contributed by atoms with Crippen molar-refractivity contribution in [2.24, 2.45) is 5.92 Å². The summed E-state index contributed by atoms with van der Waals surface area (Å²) in [5, 5.41) is 3.41. The molecule has 0 bridgehead atoms. The predicted octanol–water partition coefficient (Wildman–Crippen LogP) is 3.22. The number of nitrogens with one attached hydrogen (secondary N) is 1. The molecule has 108 valence electrons. The molecule has 0 aliphatic carbocycles. The number of unbranched alkanes of at least 4 members (excludes halogenated alkanes) is 1. The lowest BCUT2D eigenvalue weighted by Gasteiger charge is -2.16. The van der Waals surface area contributed by atoms with Crippen molar-refractivity contribution < 1.29 is 0 Å². The molecular weight excluding hydrogens is 234 g/mol. The fraction of sp³-hybridized carbons (Fsp3) is 0.750. The van der Waals surface area contributed by atoms with Crippen LogP contribution >= 0.6 is 0 Å². The van der Waals surface area contributed by atoms with Crippen molar-refractivity contribution in [2.75, 3.05) is 13.1 Å². The molecule has 0 spiro atoms. The van der Waals surface area contributed by atoms with Crippen LogP contribution in [0.15, 0.2) is 0 Å². The van der Waals surface area contributed by atoms with E-state index < -0.39 is 0 Å². The van der Waals surface area contributed by atoms with Gasteiger partial charge in [-0.25, -0.2) is 9.97 Å². The van der Waals surface area contributed by atoms with Crippen LogP contribution in [0, 0.1) is 19.8 Å². The molecule has 1 rings (SSSR count). The van der Waals surface area contributed by atoms with Crippen LogP contribution < -0.4 is 5.32 Å². The Kier molecular flexibility index (Phi) is 7.00. The quantitative estimate of drug-likeness (QED) is 0.782. The predicted molar refractivity (Wildman–Crippen MR) is 81.5 cm³/mol. The molecule has 0 aliphatic rings. The maximum atomic E-state index is 4.67. The van der Waals surface area contributed by atoms with Crippen LogP contribution in [0.2, 0.25) is 0 Å². The second-order valence-corrected chi connectivity index (χ2v) is 5.51. The Bertz CT molecular complexity index is 365. The van der Waals surface area contributed by atoms with Crippen molar-refractivity contribution >= 4 is 0 Å². The summed E-state index contributed by atoms with van der Waals surface area (Å²) >= 11 is 0. The number of aromatic nitrogens is 2. The van der Waals surface area contributed by atoms with Crippen molar-refractivity contribution in [3.8, 4) is 0 Å². The van der Waals surface area contributed by atoms with Crippen LogP contribution in [0.4, 0.5) is 0 Å². The van der Waals surface area contributed by atoms with Crippen LogP contribution in [0.1, 0.15) is 56.4 Å². The van der Waals surface area contributed by atoms with Crippen LogP contribution in [0.5, 0.6) is 0 Å². The van der Waals surface area contributed by atoms with E-state index >= 15 is 0 Å². The van der Waals surface area contributed by atoms with Crippen LogP contribution in [0.25, 0.3) is 0 Å². The number of aryl methyl sites for hydroxylation is 3. The molecule has 0 saturated carbocycles. The van der Waals surface area contributed by atoms with Crippen LogP contribution in [0.3, 0.4) is 0 Å². The topological polar surface area (TPSA) is 37.8 Å². The SMILES string of the molecule is CCCCc1nc(C)c(CC(C)CNCC)c(C)n1. The fourth-order valence-corrected chi connectivity index (χ4v) is 2.36. The first-order chi connectivity index (χ1) is 9.08. The highest BCUT2D eigenvalue weighted by atomic mass is 14.9. The first kappa shape index (κ1) is 16.1. The molecule has 0 aliphatic heterocycles. The molecule has 0 fully saturated rings. The van der Waals surface area contributed by atoms with Crippen LogP contribution in [-0.2, 0) is 12.8 Å². The molecule has 19 heavy (non-hydrogen) atoms. The zero-order valence-electron chi connectivity index (χ0n) is 13.2. The van der Waals surface area contributed by atoms with Crippen molar-refractivity contribution in [1.82, 2.24) is 15.3 Å². The third-order valence-corrected chi connectivity index (χ3v) is 3.52. The van der Waals surface area contributed by atoms with E-state index in [-0.39, 0.29) is 0 Å². The lowest BCUT2D eigenvalue weighted by molar-refractivity contribution is 0.517. The third-order valence-electron chi connectivity index (χ3n) is 3.52. The second-order valence-electron chi connectivity index (χ2n) is 5.51. The van der Waals surface area contributed by atoms with E-state index in [0.717, 1.165) is 31.8 Å². The van der Waals surface area contributed by atoms with Gasteiger partial charge in [0.05, 0.1) is 0 Å². The first-order valence-corrected chi connectivity index (χ1v) is 7.62. The van der Waals surface area contributed by atoms with Gasteiger partial charge in [0, 0.05) is 17.8 Å². The average molecular weight is 263 g/mol. The monoisotopic (exact) mass is 263 g/mol.